The van der Waals surface area contributed by atoms with Crippen LogP contribution in [0.4, 0.5) is 5.88 Å². The summed E-state index contributed by atoms with van der Waals surface area (Å²) in [7, 11) is 6.85. The number of amides is 1. The van der Waals surface area contributed by atoms with E-state index in [9.17, 15) is 24.3 Å². The average molecular weight is 855 g/mol. The number of carbonyl (C=O) groups is 4. The van der Waals surface area contributed by atoms with E-state index in [1.165, 1.54) is 4.90 Å². The summed E-state index contributed by atoms with van der Waals surface area (Å²) in [6.07, 6.45) is 10.9. The number of Topliss-reactive ketones (excluding diaryl/α,β-unsaturated/α-hetero) is 2. The molecule has 342 valence electrons. The Hall–Kier alpha value is -3.36. The molecule has 1 aromatic heterocycles. The van der Waals surface area contributed by atoms with Crippen molar-refractivity contribution in [3.8, 4) is 0 Å². The minimum atomic E-state index is -2.48. The predicted octanol–water partition coefficient (Wildman–Crippen LogP) is 7.38. The summed E-state index contributed by atoms with van der Waals surface area (Å²) in [5.74, 6) is -5.65. The van der Waals surface area contributed by atoms with Gasteiger partial charge in [-0.3, -0.25) is 14.4 Å². The van der Waals surface area contributed by atoms with E-state index < -0.39 is 65.4 Å². The first-order chi connectivity index (χ1) is 29.0. The Balaban J connectivity index is 1.57. The summed E-state index contributed by atoms with van der Waals surface area (Å²) in [4.78, 5) is 60.8. The van der Waals surface area contributed by atoms with Crippen LogP contribution in [0, 0.1) is 23.7 Å². The van der Waals surface area contributed by atoms with Crippen molar-refractivity contribution in [1.29, 1.82) is 0 Å². The highest BCUT2D eigenvalue weighted by Gasteiger charge is 2.56. The Morgan fingerprint density at radius 2 is 1.72 bits per heavy atom. The van der Waals surface area contributed by atoms with Gasteiger partial charge in [-0.15, -0.1) is 0 Å². The van der Waals surface area contributed by atoms with Gasteiger partial charge in [0.25, 0.3) is 11.7 Å². The SMILES string of the molecule is CCC1/C=C(\C)CC(C)CC(OC)C2OC(O)(C(=O)C(=O)N3CCCCC3C(=O)OC(C(C)=CC3(N(C)c4ccco4)CCCC(OC)C3)C(C)CCC1=O)C(C)CC2OC. The molecule has 5 rings (SSSR count). The number of methoxy groups -OCH3 is 3. The number of fused-ring (bicyclic) bond motifs is 3. The van der Waals surface area contributed by atoms with E-state index in [0.717, 1.165) is 30.4 Å². The van der Waals surface area contributed by atoms with Crippen LogP contribution in [0.25, 0.3) is 0 Å². The number of allylic oxidation sites excluding steroid dienone is 2. The molecule has 3 fully saturated rings. The number of hydrogen-bond donors (Lipinski definition) is 1. The quantitative estimate of drug-likeness (QED) is 0.158. The van der Waals surface area contributed by atoms with Gasteiger partial charge in [-0.1, -0.05) is 45.4 Å². The lowest BCUT2D eigenvalue weighted by Gasteiger charge is -2.47. The minimum absolute atomic E-state index is 0.00226. The molecule has 4 heterocycles. The summed E-state index contributed by atoms with van der Waals surface area (Å²) in [5, 5.41) is 12.1. The van der Waals surface area contributed by atoms with Gasteiger partial charge in [0, 0.05) is 65.7 Å². The molecular formula is C48H74N2O11. The second-order valence-electron chi connectivity index (χ2n) is 18.7. The van der Waals surface area contributed by atoms with Crippen LogP contribution >= 0.6 is 0 Å². The molecule has 1 aliphatic carbocycles. The number of nitrogens with zero attached hydrogens (tertiary/aromatic N) is 2. The van der Waals surface area contributed by atoms with Crippen LogP contribution in [0.1, 0.15) is 125 Å². The molecule has 4 aliphatic rings. The smallest absolute Gasteiger partial charge is 0.329 e. The molecule has 2 bridgehead atoms. The van der Waals surface area contributed by atoms with Crippen LogP contribution in [0.3, 0.4) is 0 Å². The first-order valence-electron chi connectivity index (χ1n) is 22.7. The monoisotopic (exact) mass is 855 g/mol. The summed E-state index contributed by atoms with van der Waals surface area (Å²) in [6, 6.07) is 2.72. The Morgan fingerprint density at radius 3 is 2.38 bits per heavy atom. The van der Waals surface area contributed by atoms with E-state index in [4.69, 9.17) is 28.1 Å². The minimum Gasteiger partial charge on any atom is -0.456 e. The summed E-state index contributed by atoms with van der Waals surface area (Å²) in [5.41, 5.74) is 1.36. The predicted molar refractivity (Wildman–Crippen MR) is 232 cm³/mol. The first kappa shape index (κ1) is 48.7. The van der Waals surface area contributed by atoms with Crippen molar-refractivity contribution in [3.05, 3.63) is 41.7 Å². The van der Waals surface area contributed by atoms with Gasteiger partial charge in [0.05, 0.1) is 30.1 Å². The van der Waals surface area contributed by atoms with Crippen LogP contribution in [0.5, 0.6) is 0 Å². The Labute approximate surface area is 363 Å². The molecule has 12 atom stereocenters. The lowest BCUT2D eigenvalue weighted by Crippen LogP contribution is -2.64. The van der Waals surface area contributed by atoms with E-state index in [-0.39, 0.29) is 49.0 Å². The van der Waals surface area contributed by atoms with E-state index in [1.54, 1.807) is 34.5 Å². The number of ketones is 2. The number of anilines is 1. The van der Waals surface area contributed by atoms with Crippen molar-refractivity contribution in [3.63, 3.8) is 0 Å². The van der Waals surface area contributed by atoms with Crippen LogP contribution in [0.15, 0.2) is 46.1 Å². The molecule has 0 aromatic carbocycles. The number of cyclic esters (lactones) is 1. The molecule has 12 unspecified atom stereocenters. The second-order valence-corrected chi connectivity index (χ2v) is 18.7. The van der Waals surface area contributed by atoms with Gasteiger partial charge in [-0.2, -0.15) is 0 Å². The maximum atomic E-state index is 14.6. The van der Waals surface area contributed by atoms with Crippen LogP contribution in [-0.2, 0) is 42.9 Å². The summed E-state index contributed by atoms with van der Waals surface area (Å²) >= 11 is 0. The fraction of sp³-hybridized carbons (Fsp3) is 0.750. The normalized spacial score (nSPS) is 37.9. The largest absolute Gasteiger partial charge is 0.456 e. The van der Waals surface area contributed by atoms with Gasteiger partial charge in [0.1, 0.15) is 24.0 Å². The number of rotatable bonds is 8. The van der Waals surface area contributed by atoms with Gasteiger partial charge in [-0.05, 0) is 108 Å². The molecular weight excluding hydrogens is 781 g/mol. The number of ether oxygens (including phenoxy) is 5. The van der Waals surface area contributed by atoms with Crippen LogP contribution < -0.4 is 4.90 Å². The molecule has 13 nitrogen and oxygen atoms in total. The third kappa shape index (κ3) is 11.1. The number of hydrogen-bond acceptors (Lipinski definition) is 12. The standard InChI is InChI=1S/C48H74N2O11/c1-11-35-25-30(2)24-31(3)26-39(57-9)43-40(58-10)27-34(6)48(55,61-43)44(52)45(53)50-22-13-12-17-37(50)46(54)60-42(32(4)19-20-38(35)51)33(5)28-47(21-14-16-36(29-47)56-8)49(7)41-18-15-23-59-41/h15,18,23,25,28,31-32,34-37,39-40,42-43,55H,11-14,16-17,19-22,24,26-27,29H2,1-10H3/b30-25+,33-28?. The highest BCUT2D eigenvalue weighted by Crippen LogP contribution is 2.42. The molecule has 0 spiro atoms. The van der Waals surface area contributed by atoms with Crippen molar-refractivity contribution in [2.75, 3.05) is 39.8 Å². The number of esters is 1. The Bertz CT molecular complexity index is 1710. The highest BCUT2D eigenvalue weighted by molar-refractivity contribution is 6.39. The molecule has 0 radical (unpaired) electrons. The fourth-order valence-electron chi connectivity index (χ4n) is 10.5. The van der Waals surface area contributed by atoms with Crippen molar-refractivity contribution in [2.24, 2.45) is 23.7 Å². The lowest BCUT2D eigenvalue weighted by molar-refractivity contribution is -0.302. The third-order valence-electron chi connectivity index (χ3n) is 14.2. The number of aliphatic hydroxyl groups is 1. The second kappa shape index (κ2) is 21.3. The number of piperidine rings is 1. The molecule has 13 heteroatoms. The molecule has 3 aliphatic heterocycles. The molecule has 1 amide bonds. The van der Waals surface area contributed by atoms with E-state index >= 15 is 0 Å². The van der Waals surface area contributed by atoms with Gasteiger partial charge in [-0.25, -0.2) is 4.79 Å². The molecule has 1 saturated carbocycles. The van der Waals surface area contributed by atoms with Gasteiger partial charge >= 0.3 is 5.97 Å². The average Bonchev–Trinajstić information content (AvgIpc) is 3.80. The molecule has 61 heavy (non-hydrogen) atoms. The zero-order chi connectivity index (χ0) is 44.6. The highest BCUT2D eigenvalue weighted by atomic mass is 16.7. The van der Waals surface area contributed by atoms with Gasteiger partial charge in [0.15, 0.2) is 5.88 Å². The number of likely N-dealkylation sites (N-methyl/N-ethyl adjacent to an activating group) is 1. The van der Waals surface area contributed by atoms with Crippen molar-refractivity contribution >= 4 is 29.3 Å². The third-order valence-corrected chi connectivity index (χ3v) is 14.2. The fourth-order valence-corrected chi connectivity index (χ4v) is 10.5. The maximum absolute atomic E-state index is 14.6. The number of furan rings is 1. The first-order valence-corrected chi connectivity index (χ1v) is 22.7. The Kier molecular flexibility index (Phi) is 17.0. The van der Waals surface area contributed by atoms with Crippen molar-refractivity contribution in [2.45, 2.75) is 173 Å². The molecule has 2 saturated heterocycles. The number of carbonyl (C=O) groups excluding carboxylic acids is 4. The Morgan fingerprint density at radius 1 is 1.00 bits per heavy atom. The molecule has 1 aromatic rings. The van der Waals surface area contributed by atoms with E-state index in [2.05, 4.69) is 24.0 Å². The topological polar surface area (TPSA) is 154 Å². The van der Waals surface area contributed by atoms with Crippen molar-refractivity contribution < 1.29 is 52.4 Å². The maximum Gasteiger partial charge on any atom is 0.329 e. The summed E-state index contributed by atoms with van der Waals surface area (Å²) in [6.45, 7) is 11.9. The zero-order valence-electron chi connectivity index (χ0n) is 38.5. The van der Waals surface area contributed by atoms with E-state index in [0.29, 0.717) is 57.3 Å². The zero-order valence-corrected chi connectivity index (χ0v) is 38.5. The van der Waals surface area contributed by atoms with E-state index in [1.807, 2.05) is 46.9 Å². The van der Waals surface area contributed by atoms with Crippen molar-refractivity contribution in [1.82, 2.24) is 4.90 Å². The van der Waals surface area contributed by atoms with Crippen LogP contribution in [0.2, 0.25) is 0 Å². The molecule has 1 N–H and O–H groups in total. The van der Waals surface area contributed by atoms with Gasteiger partial charge in [0.2, 0.25) is 5.79 Å². The summed E-state index contributed by atoms with van der Waals surface area (Å²) < 4.78 is 36.5. The lowest BCUT2D eigenvalue weighted by atomic mass is 9.76. The van der Waals surface area contributed by atoms with Crippen LogP contribution in [-0.4, -0.2) is 116 Å². The van der Waals surface area contributed by atoms with Gasteiger partial charge < -0.3 is 43.0 Å².